The van der Waals surface area contributed by atoms with E-state index in [4.69, 9.17) is 0 Å². The van der Waals surface area contributed by atoms with Crippen molar-refractivity contribution < 1.29 is 4.79 Å². The average molecular weight is 529 g/mol. The van der Waals surface area contributed by atoms with E-state index in [1.807, 2.05) is 6.07 Å². The molecule has 5 unspecified atom stereocenters. The van der Waals surface area contributed by atoms with Gasteiger partial charge in [-0.05, 0) is 72.1 Å². The Morgan fingerprint density at radius 3 is 2.11 bits per heavy atom. The Morgan fingerprint density at radius 1 is 0.868 bits per heavy atom. The number of hydrogen-bond donors (Lipinski definition) is 1. The molecule has 2 saturated heterocycles. The maximum atomic E-state index is 13.6. The Labute approximate surface area is 232 Å². The molecule has 1 N–H and O–H groups in total. The Bertz CT molecular complexity index is 982. The number of piperidine rings is 1. The van der Waals surface area contributed by atoms with Crippen molar-refractivity contribution in [1.29, 1.82) is 0 Å². The van der Waals surface area contributed by atoms with E-state index in [2.05, 4.69) is 95.1 Å². The van der Waals surface area contributed by atoms with Gasteiger partial charge in [0.1, 0.15) is 5.78 Å². The van der Waals surface area contributed by atoms with Crippen LogP contribution in [0.1, 0.15) is 105 Å². The number of carbonyl (C=O) groups is 1. The van der Waals surface area contributed by atoms with Crippen molar-refractivity contribution in [2.75, 3.05) is 26.2 Å². The van der Waals surface area contributed by atoms with Gasteiger partial charge in [-0.2, -0.15) is 0 Å². The number of likely N-dealkylation sites (tertiary alicyclic amines) is 1. The van der Waals surface area contributed by atoms with Gasteiger partial charge < -0.3 is 9.88 Å². The minimum Gasteiger partial charge on any atom is -0.348 e. The predicted molar refractivity (Wildman–Crippen MR) is 159 cm³/mol. The van der Waals surface area contributed by atoms with E-state index in [1.54, 1.807) is 0 Å². The van der Waals surface area contributed by atoms with Crippen molar-refractivity contribution in [3.8, 4) is 0 Å². The lowest BCUT2D eigenvalue weighted by Gasteiger charge is -2.46. The van der Waals surface area contributed by atoms with Gasteiger partial charge in [0.15, 0.2) is 5.43 Å². The summed E-state index contributed by atoms with van der Waals surface area (Å²) in [5.74, 6) is 1.52. The lowest BCUT2D eigenvalue weighted by atomic mass is 9.78. The van der Waals surface area contributed by atoms with E-state index < -0.39 is 0 Å². The monoisotopic (exact) mass is 528 g/mol. The summed E-state index contributed by atoms with van der Waals surface area (Å²) in [7, 11) is 0. The minimum atomic E-state index is 0.0929. The molecular formula is C32H56N4O2. The smallest absolute Gasteiger partial charge is 0.185 e. The second-order valence-corrected chi connectivity index (χ2v) is 13.5. The SMILES string of the molecule is CC(C)c1cc(=O)c(CC(C)C2CC(=O)C(CC(C)C3CNCCN3C(C)C)CN2C(C)C)cn1C(C)C. The Kier molecular flexibility index (Phi) is 10.8. The molecule has 0 radical (unpaired) electrons. The zero-order valence-corrected chi connectivity index (χ0v) is 26.0. The lowest BCUT2D eigenvalue weighted by Crippen LogP contribution is -2.57. The number of piperazine rings is 1. The van der Waals surface area contributed by atoms with Crippen molar-refractivity contribution in [3.63, 3.8) is 0 Å². The van der Waals surface area contributed by atoms with E-state index in [1.165, 1.54) is 0 Å². The summed E-state index contributed by atoms with van der Waals surface area (Å²) in [6.07, 6.45) is 4.35. The largest absolute Gasteiger partial charge is 0.348 e. The van der Waals surface area contributed by atoms with Gasteiger partial charge in [-0.15, -0.1) is 0 Å². The number of aromatic nitrogens is 1. The second-order valence-electron chi connectivity index (χ2n) is 13.5. The molecule has 5 atom stereocenters. The number of ketones is 1. The summed E-state index contributed by atoms with van der Waals surface area (Å²) in [5.41, 5.74) is 2.11. The van der Waals surface area contributed by atoms with Crippen LogP contribution in [0.4, 0.5) is 0 Å². The van der Waals surface area contributed by atoms with Crippen LogP contribution in [0, 0.1) is 17.8 Å². The fourth-order valence-corrected chi connectivity index (χ4v) is 6.98. The standard InChI is InChI=1S/C32H56N4O2/c1-20(2)28-15-31(37)26(18-35(28)22(5)6)13-24(9)29-16-32(38)27(19-36(29)23(7)8)14-25(10)30-17-33-11-12-34(30)21(3)4/h15,18,20-25,27,29-30,33H,11-14,16-17,19H2,1-10H3. The molecule has 0 bridgehead atoms. The van der Waals surface area contributed by atoms with Crippen LogP contribution in [0.3, 0.4) is 0 Å². The summed E-state index contributed by atoms with van der Waals surface area (Å²) in [6, 6.07) is 3.70. The average Bonchev–Trinajstić information content (AvgIpc) is 2.85. The molecule has 1 aromatic rings. The summed E-state index contributed by atoms with van der Waals surface area (Å²) < 4.78 is 2.26. The Balaban J connectivity index is 1.75. The van der Waals surface area contributed by atoms with E-state index >= 15 is 0 Å². The molecule has 0 aliphatic carbocycles. The van der Waals surface area contributed by atoms with Crippen LogP contribution < -0.4 is 10.7 Å². The number of rotatable bonds is 10. The molecule has 3 rings (SSSR count). The minimum absolute atomic E-state index is 0.0929. The molecule has 6 heteroatoms. The van der Waals surface area contributed by atoms with Crippen molar-refractivity contribution >= 4 is 5.78 Å². The number of pyridine rings is 1. The Morgan fingerprint density at radius 2 is 1.53 bits per heavy atom. The maximum absolute atomic E-state index is 13.6. The maximum Gasteiger partial charge on any atom is 0.185 e. The molecule has 1 aromatic heterocycles. The van der Waals surface area contributed by atoms with Gasteiger partial charge in [0, 0.05) is 92.2 Å². The molecule has 0 amide bonds. The van der Waals surface area contributed by atoms with Crippen LogP contribution >= 0.6 is 0 Å². The van der Waals surface area contributed by atoms with E-state index in [0.717, 1.165) is 43.9 Å². The summed E-state index contributed by atoms with van der Waals surface area (Å²) in [5, 5.41) is 3.58. The fourth-order valence-electron chi connectivity index (χ4n) is 6.98. The van der Waals surface area contributed by atoms with Gasteiger partial charge in [0.2, 0.25) is 0 Å². The van der Waals surface area contributed by atoms with Gasteiger partial charge >= 0.3 is 0 Å². The molecular weight excluding hydrogens is 472 g/mol. The molecule has 3 heterocycles. The quantitative estimate of drug-likeness (QED) is 0.458. The van der Waals surface area contributed by atoms with Crippen LogP contribution in [0.5, 0.6) is 0 Å². The van der Waals surface area contributed by atoms with Crippen LogP contribution in [-0.4, -0.2) is 70.5 Å². The summed E-state index contributed by atoms with van der Waals surface area (Å²) in [6.45, 7) is 26.3. The molecule has 6 nitrogen and oxygen atoms in total. The molecule has 38 heavy (non-hydrogen) atoms. The zero-order valence-electron chi connectivity index (χ0n) is 26.0. The first-order chi connectivity index (χ1) is 17.8. The molecule has 0 saturated carbocycles. The number of nitrogens with one attached hydrogen (secondary N) is 1. The van der Waals surface area contributed by atoms with Crippen molar-refractivity contribution in [3.05, 3.63) is 33.7 Å². The van der Waals surface area contributed by atoms with Gasteiger partial charge in [0.25, 0.3) is 0 Å². The molecule has 2 aliphatic rings. The second kappa shape index (κ2) is 13.2. The fraction of sp³-hybridized carbons (Fsp3) is 0.812. The van der Waals surface area contributed by atoms with Crippen molar-refractivity contribution in [1.82, 2.24) is 19.7 Å². The number of carbonyl (C=O) groups excluding carboxylic acids is 1. The van der Waals surface area contributed by atoms with Crippen LogP contribution in [0.15, 0.2) is 17.1 Å². The first-order valence-electron chi connectivity index (χ1n) is 15.3. The zero-order chi connectivity index (χ0) is 28.3. The van der Waals surface area contributed by atoms with Gasteiger partial charge in [-0.3, -0.25) is 19.4 Å². The summed E-state index contributed by atoms with van der Waals surface area (Å²) >= 11 is 0. The third-order valence-electron chi connectivity index (χ3n) is 9.22. The highest BCUT2D eigenvalue weighted by atomic mass is 16.1. The lowest BCUT2D eigenvalue weighted by molar-refractivity contribution is -0.131. The van der Waals surface area contributed by atoms with E-state index in [9.17, 15) is 9.59 Å². The van der Waals surface area contributed by atoms with E-state index in [-0.39, 0.29) is 23.3 Å². The highest BCUT2D eigenvalue weighted by molar-refractivity contribution is 5.82. The van der Waals surface area contributed by atoms with Crippen LogP contribution in [-0.2, 0) is 11.2 Å². The Hall–Kier alpha value is -1.50. The van der Waals surface area contributed by atoms with Crippen LogP contribution in [0.2, 0.25) is 0 Å². The van der Waals surface area contributed by atoms with Gasteiger partial charge in [-0.25, -0.2) is 0 Å². The topological polar surface area (TPSA) is 57.6 Å². The number of hydrogen-bond acceptors (Lipinski definition) is 5. The first kappa shape index (κ1) is 31.0. The van der Waals surface area contributed by atoms with Gasteiger partial charge in [0.05, 0.1) is 0 Å². The number of Topliss-reactive ketones (excluding diaryl/α,β-unsaturated/α-hetero) is 1. The van der Waals surface area contributed by atoms with Crippen molar-refractivity contribution in [2.45, 2.75) is 125 Å². The predicted octanol–water partition coefficient (Wildman–Crippen LogP) is 5.11. The summed E-state index contributed by atoms with van der Waals surface area (Å²) in [4.78, 5) is 31.9. The third kappa shape index (κ3) is 7.17. The highest BCUT2D eigenvalue weighted by Gasteiger charge is 2.40. The first-order valence-corrected chi connectivity index (χ1v) is 15.3. The van der Waals surface area contributed by atoms with Gasteiger partial charge in [-0.1, -0.05) is 27.7 Å². The normalized spacial score (nSPS) is 25.6. The molecule has 0 spiro atoms. The molecule has 2 fully saturated rings. The highest BCUT2D eigenvalue weighted by Crippen LogP contribution is 2.33. The number of nitrogens with zero attached hydrogens (tertiary/aromatic N) is 3. The molecule has 2 aliphatic heterocycles. The third-order valence-corrected chi connectivity index (χ3v) is 9.22. The molecule has 0 aromatic carbocycles. The van der Waals surface area contributed by atoms with E-state index in [0.29, 0.717) is 54.6 Å². The molecule has 216 valence electrons. The van der Waals surface area contributed by atoms with Crippen molar-refractivity contribution in [2.24, 2.45) is 17.8 Å². The van der Waals surface area contributed by atoms with Crippen LogP contribution in [0.25, 0.3) is 0 Å².